The molecule has 0 aromatic carbocycles. The van der Waals surface area contributed by atoms with E-state index >= 15 is 0 Å². The minimum absolute atomic E-state index is 0.809. The second-order valence-electron chi connectivity index (χ2n) is 5.16. The first-order valence-corrected chi connectivity index (χ1v) is 6.82. The number of piperazine rings is 1. The summed E-state index contributed by atoms with van der Waals surface area (Å²) >= 11 is 0. The van der Waals surface area contributed by atoms with Gasteiger partial charge in [0.05, 0.1) is 5.70 Å². The molecule has 0 spiro atoms. The summed E-state index contributed by atoms with van der Waals surface area (Å²) in [6, 6.07) is 0.809. The molecule has 0 bridgehead atoms. The molecular formula is C12H23N5. The smallest absolute Gasteiger partial charge is 0.0626 e. The Morgan fingerprint density at radius 2 is 2.29 bits per heavy atom. The summed E-state index contributed by atoms with van der Waals surface area (Å²) in [4.78, 5) is 2.48. The summed E-state index contributed by atoms with van der Waals surface area (Å²) in [6.07, 6.45) is 4.99. The molecule has 96 valence electrons. The Hall–Kier alpha value is -0.780. The largest absolute Gasteiger partial charge is 0.312 e. The Balaban J connectivity index is 1.46. The van der Waals surface area contributed by atoms with Crippen LogP contribution < -0.4 is 10.9 Å². The van der Waals surface area contributed by atoms with Crippen LogP contribution in [0.3, 0.4) is 0 Å². The lowest BCUT2D eigenvalue weighted by Crippen LogP contribution is -2.50. The first-order chi connectivity index (χ1) is 8.35. The molecule has 2 N–H and O–H groups in total. The fourth-order valence-electron chi connectivity index (χ4n) is 2.43. The second-order valence-corrected chi connectivity index (χ2v) is 5.16. The van der Waals surface area contributed by atoms with Gasteiger partial charge in [-0.3, -0.25) is 14.9 Å². The van der Waals surface area contributed by atoms with Crippen LogP contribution in [0, 0.1) is 0 Å². The van der Waals surface area contributed by atoms with E-state index in [0.29, 0.717) is 0 Å². The van der Waals surface area contributed by atoms with Crippen molar-refractivity contribution in [2.45, 2.75) is 25.8 Å². The number of hydrogen-bond acceptors (Lipinski definition) is 5. The predicted octanol–water partition coefficient (Wildman–Crippen LogP) is -0.0475. The van der Waals surface area contributed by atoms with Gasteiger partial charge in [-0.25, -0.2) is 0 Å². The van der Waals surface area contributed by atoms with Crippen LogP contribution in [0.4, 0.5) is 0 Å². The molecule has 3 aliphatic rings. The lowest BCUT2D eigenvalue weighted by atomic mass is 10.3. The van der Waals surface area contributed by atoms with E-state index in [9.17, 15) is 0 Å². The molecule has 1 aliphatic carbocycles. The normalized spacial score (nSPS) is 25.1. The summed E-state index contributed by atoms with van der Waals surface area (Å²) < 4.78 is 0. The standard InChI is InChI=1S/C12H23N5/c1-2-15-7-8-17-12(9-15)10-16(14-17)6-5-13-11-3-4-11/h10-11,13-14H,2-9H2,1H3. The summed E-state index contributed by atoms with van der Waals surface area (Å²) in [6.45, 7) is 8.83. The van der Waals surface area contributed by atoms with Crippen LogP contribution in [0.1, 0.15) is 19.8 Å². The maximum absolute atomic E-state index is 3.54. The zero-order valence-electron chi connectivity index (χ0n) is 10.7. The molecular weight excluding hydrogens is 214 g/mol. The van der Waals surface area contributed by atoms with E-state index in [-0.39, 0.29) is 0 Å². The monoisotopic (exact) mass is 237 g/mol. The lowest BCUT2D eigenvalue weighted by Gasteiger charge is -2.34. The Kier molecular flexibility index (Phi) is 3.22. The molecule has 0 atom stereocenters. The molecule has 2 fully saturated rings. The van der Waals surface area contributed by atoms with Crippen LogP contribution in [0.5, 0.6) is 0 Å². The van der Waals surface area contributed by atoms with Gasteiger partial charge in [-0.2, -0.15) is 0 Å². The number of nitrogens with zero attached hydrogens (tertiary/aromatic N) is 3. The highest BCUT2D eigenvalue weighted by atomic mass is 15.8. The van der Waals surface area contributed by atoms with Gasteiger partial charge < -0.3 is 5.32 Å². The van der Waals surface area contributed by atoms with E-state index < -0.39 is 0 Å². The van der Waals surface area contributed by atoms with Gasteiger partial charge in [0.25, 0.3) is 0 Å². The van der Waals surface area contributed by atoms with Crippen LogP contribution in [-0.4, -0.2) is 60.2 Å². The third kappa shape index (κ3) is 2.73. The van der Waals surface area contributed by atoms with Crippen LogP contribution in [-0.2, 0) is 0 Å². The molecule has 3 rings (SSSR count). The van der Waals surface area contributed by atoms with E-state index in [2.05, 4.69) is 38.9 Å². The van der Waals surface area contributed by atoms with Crippen molar-refractivity contribution in [1.29, 1.82) is 0 Å². The van der Waals surface area contributed by atoms with E-state index in [1.807, 2.05) is 0 Å². The molecule has 0 amide bonds. The molecule has 5 nitrogen and oxygen atoms in total. The summed E-state index contributed by atoms with van der Waals surface area (Å²) in [5.41, 5.74) is 4.85. The molecule has 1 saturated carbocycles. The van der Waals surface area contributed by atoms with E-state index in [1.54, 1.807) is 0 Å². The minimum Gasteiger partial charge on any atom is -0.312 e. The number of hydrazine groups is 2. The van der Waals surface area contributed by atoms with Crippen LogP contribution in [0.2, 0.25) is 0 Å². The third-order valence-electron chi connectivity index (χ3n) is 3.74. The Bertz CT molecular complexity index is 299. The minimum atomic E-state index is 0.809. The Morgan fingerprint density at radius 3 is 3.06 bits per heavy atom. The first-order valence-electron chi connectivity index (χ1n) is 6.82. The van der Waals surface area contributed by atoms with Crippen molar-refractivity contribution >= 4 is 0 Å². The first kappa shape index (κ1) is 11.3. The molecule has 1 saturated heterocycles. The molecule has 5 heteroatoms. The average molecular weight is 237 g/mol. The van der Waals surface area contributed by atoms with Gasteiger partial charge in [-0.15, -0.1) is 5.53 Å². The van der Waals surface area contributed by atoms with Gasteiger partial charge in [-0.05, 0) is 19.4 Å². The van der Waals surface area contributed by atoms with Crippen molar-refractivity contribution < 1.29 is 0 Å². The van der Waals surface area contributed by atoms with Crippen molar-refractivity contribution in [2.24, 2.45) is 0 Å². The van der Waals surface area contributed by atoms with Crippen LogP contribution in [0.15, 0.2) is 11.9 Å². The van der Waals surface area contributed by atoms with E-state index in [4.69, 9.17) is 0 Å². The summed E-state index contributed by atoms with van der Waals surface area (Å²) in [7, 11) is 0. The maximum Gasteiger partial charge on any atom is 0.0626 e. The van der Waals surface area contributed by atoms with E-state index in [1.165, 1.54) is 18.5 Å². The molecule has 2 heterocycles. The lowest BCUT2D eigenvalue weighted by molar-refractivity contribution is 0.0875. The number of rotatable bonds is 5. The van der Waals surface area contributed by atoms with Crippen molar-refractivity contribution in [3.63, 3.8) is 0 Å². The van der Waals surface area contributed by atoms with Crippen molar-refractivity contribution in [3.05, 3.63) is 11.9 Å². The van der Waals surface area contributed by atoms with Gasteiger partial charge in [0.2, 0.25) is 0 Å². The quantitative estimate of drug-likeness (QED) is 0.701. The average Bonchev–Trinajstić information content (AvgIpc) is 3.07. The summed E-state index contributed by atoms with van der Waals surface area (Å²) in [5.74, 6) is 0. The second kappa shape index (κ2) is 4.84. The molecule has 2 aliphatic heterocycles. The Labute approximate surface area is 103 Å². The molecule has 0 radical (unpaired) electrons. The van der Waals surface area contributed by atoms with E-state index in [0.717, 1.165) is 45.3 Å². The molecule has 0 aromatic rings. The van der Waals surface area contributed by atoms with Gasteiger partial charge in [0.1, 0.15) is 0 Å². The number of hydrogen-bond donors (Lipinski definition) is 2. The highest BCUT2D eigenvalue weighted by Crippen LogP contribution is 2.19. The highest BCUT2D eigenvalue weighted by Gasteiger charge is 2.26. The van der Waals surface area contributed by atoms with Gasteiger partial charge in [0, 0.05) is 45.0 Å². The van der Waals surface area contributed by atoms with Crippen molar-refractivity contribution in [2.75, 3.05) is 39.3 Å². The van der Waals surface area contributed by atoms with Crippen LogP contribution >= 0.6 is 0 Å². The topological polar surface area (TPSA) is 33.8 Å². The van der Waals surface area contributed by atoms with Gasteiger partial charge >= 0.3 is 0 Å². The van der Waals surface area contributed by atoms with Gasteiger partial charge in [-0.1, -0.05) is 6.92 Å². The predicted molar refractivity (Wildman–Crippen MR) is 67.8 cm³/mol. The molecule has 0 aromatic heterocycles. The number of likely N-dealkylation sites (N-methyl/N-ethyl adjacent to an activating group) is 1. The van der Waals surface area contributed by atoms with Gasteiger partial charge in [0.15, 0.2) is 0 Å². The van der Waals surface area contributed by atoms with Crippen molar-refractivity contribution in [1.82, 2.24) is 25.8 Å². The van der Waals surface area contributed by atoms with Crippen LogP contribution in [0.25, 0.3) is 0 Å². The Morgan fingerprint density at radius 1 is 1.41 bits per heavy atom. The zero-order valence-corrected chi connectivity index (χ0v) is 10.7. The fourth-order valence-corrected chi connectivity index (χ4v) is 2.43. The summed E-state index contributed by atoms with van der Waals surface area (Å²) in [5, 5.41) is 8.04. The molecule has 0 unspecified atom stereocenters. The van der Waals surface area contributed by atoms with Crippen molar-refractivity contribution in [3.8, 4) is 0 Å². The molecule has 17 heavy (non-hydrogen) atoms. The number of fused-ring (bicyclic) bond motifs is 1. The zero-order chi connectivity index (χ0) is 11.7. The third-order valence-corrected chi connectivity index (χ3v) is 3.74. The SMILES string of the molecule is CCN1CCN2NN(CCNC3CC3)C=C2C1. The number of nitrogens with one attached hydrogen (secondary N) is 2. The maximum atomic E-state index is 3.54. The highest BCUT2D eigenvalue weighted by molar-refractivity contribution is 5.08. The fraction of sp³-hybridized carbons (Fsp3) is 0.833.